The molecule has 0 saturated heterocycles. The second-order valence-corrected chi connectivity index (χ2v) is 6.33. The van der Waals surface area contributed by atoms with Crippen molar-refractivity contribution in [3.63, 3.8) is 0 Å². The molecule has 6 nitrogen and oxygen atoms in total. The molecule has 140 valence electrons. The van der Waals surface area contributed by atoms with E-state index in [1.807, 2.05) is 19.9 Å². The number of para-hydroxylation sites is 1. The van der Waals surface area contributed by atoms with Crippen molar-refractivity contribution in [2.45, 2.75) is 34.1 Å². The standard InChI is InChI=1S/C19H19F2N5O/c1-10-8-11(2)23-19(22-10)26-13(4)14(12(3)25-26)9-17(27)24-18-15(20)6-5-7-16(18)21/h5-8H,9H2,1-4H3,(H,24,27). The van der Waals surface area contributed by atoms with Gasteiger partial charge in [0.1, 0.15) is 17.3 Å². The van der Waals surface area contributed by atoms with Crippen LogP contribution in [0.15, 0.2) is 24.3 Å². The molecule has 0 aliphatic heterocycles. The quantitative estimate of drug-likeness (QED) is 0.763. The number of aromatic nitrogens is 4. The molecular formula is C19H19F2N5O. The number of aryl methyl sites for hydroxylation is 3. The molecule has 0 saturated carbocycles. The van der Waals surface area contributed by atoms with E-state index in [1.165, 1.54) is 6.07 Å². The first-order valence-corrected chi connectivity index (χ1v) is 8.38. The lowest BCUT2D eigenvalue weighted by atomic mass is 10.1. The number of nitrogens with zero attached hydrogens (tertiary/aromatic N) is 4. The molecule has 1 aromatic carbocycles. The van der Waals surface area contributed by atoms with E-state index in [-0.39, 0.29) is 6.42 Å². The molecule has 8 heteroatoms. The van der Waals surface area contributed by atoms with Crippen molar-refractivity contribution in [2.24, 2.45) is 0 Å². The van der Waals surface area contributed by atoms with E-state index in [0.29, 0.717) is 22.9 Å². The van der Waals surface area contributed by atoms with E-state index in [9.17, 15) is 13.6 Å². The minimum absolute atomic E-state index is 0.0732. The average Bonchev–Trinajstić information content (AvgIpc) is 2.86. The fourth-order valence-corrected chi connectivity index (χ4v) is 2.89. The highest BCUT2D eigenvalue weighted by Crippen LogP contribution is 2.20. The van der Waals surface area contributed by atoms with E-state index < -0.39 is 23.2 Å². The molecule has 0 radical (unpaired) electrons. The van der Waals surface area contributed by atoms with Crippen LogP contribution in [0.1, 0.15) is 28.3 Å². The molecule has 1 N–H and O–H groups in total. The predicted octanol–water partition coefficient (Wildman–Crippen LogP) is 3.36. The van der Waals surface area contributed by atoms with Crippen molar-refractivity contribution >= 4 is 11.6 Å². The summed E-state index contributed by atoms with van der Waals surface area (Å²) in [4.78, 5) is 21.1. The fraction of sp³-hybridized carbons (Fsp3) is 0.263. The van der Waals surface area contributed by atoms with Gasteiger partial charge in [-0.3, -0.25) is 4.79 Å². The third kappa shape index (κ3) is 3.84. The van der Waals surface area contributed by atoms with Crippen molar-refractivity contribution in [3.05, 3.63) is 64.2 Å². The largest absolute Gasteiger partial charge is 0.321 e. The van der Waals surface area contributed by atoms with Gasteiger partial charge in [0.15, 0.2) is 0 Å². The zero-order chi connectivity index (χ0) is 19.7. The lowest BCUT2D eigenvalue weighted by molar-refractivity contribution is -0.115. The summed E-state index contributed by atoms with van der Waals surface area (Å²) in [7, 11) is 0. The van der Waals surface area contributed by atoms with Gasteiger partial charge in [-0.2, -0.15) is 5.10 Å². The van der Waals surface area contributed by atoms with Gasteiger partial charge in [0.25, 0.3) is 5.95 Å². The van der Waals surface area contributed by atoms with Crippen LogP contribution in [0.2, 0.25) is 0 Å². The van der Waals surface area contributed by atoms with E-state index in [0.717, 1.165) is 23.5 Å². The molecule has 3 aromatic rings. The fourth-order valence-electron chi connectivity index (χ4n) is 2.89. The second-order valence-electron chi connectivity index (χ2n) is 6.33. The van der Waals surface area contributed by atoms with Crippen molar-refractivity contribution in [1.82, 2.24) is 19.7 Å². The first-order valence-electron chi connectivity index (χ1n) is 8.38. The minimum Gasteiger partial charge on any atom is -0.321 e. The Bertz CT molecular complexity index is 989. The summed E-state index contributed by atoms with van der Waals surface area (Å²) in [5, 5.41) is 6.71. The summed E-state index contributed by atoms with van der Waals surface area (Å²) >= 11 is 0. The lowest BCUT2D eigenvalue weighted by Gasteiger charge is -2.08. The molecule has 27 heavy (non-hydrogen) atoms. The van der Waals surface area contributed by atoms with Crippen molar-refractivity contribution in [2.75, 3.05) is 5.32 Å². The maximum absolute atomic E-state index is 13.7. The lowest BCUT2D eigenvalue weighted by Crippen LogP contribution is -2.17. The zero-order valence-electron chi connectivity index (χ0n) is 15.5. The Balaban J connectivity index is 1.88. The van der Waals surface area contributed by atoms with Gasteiger partial charge < -0.3 is 5.32 Å². The number of hydrogen-bond donors (Lipinski definition) is 1. The molecule has 0 spiro atoms. The summed E-state index contributed by atoms with van der Waals surface area (Å²) in [6.45, 7) is 7.29. The molecule has 3 rings (SSSR count). The van der Waals surface area contributed by atoms with Gasteiger partial charge in [0, 0.05) is 22.6 Å². The van der Waals surface area contributed by atoms with Gasteiger partial charge >= 0.3 is 0 Å². The summed E-state index contributed by atoms with van der Waals surface area (Å²) in [5.41, 5.74) is 3.13. The summed E-state index contributed by atoms with van der Waals surface area (Å²) < 4.78 is 29.0. The molecule has 0 fully saturated rings. The number of amides is 1. The van der Waals surface area contributed by atoms with Crippen LogP contribution in [-0.4, -0.2) is 25.7 Å². The number of hydrogen-bond acceptors (Lipinski definition) is 4. The molecule has 0 atom stereocenters. The summed E-state index contributed by atoms with van der Waals surface area (Å²) in [6.07, 6.45) is -0.0732. The van der Waals surface area contributed by atoms with E-state index in [1.54, 1.807) is 18.5 Å². The smallest absolute Gasteiger partial charge is 0.251 e. The molecular weight excluding hydrogens is 352 g/mol. The van der Waals surface area contributed by atoms with Crippen molar-refractivity contribution < 1.29 is 13.6 Å². The molecule has 0 bridgehead atoms. The number of carbonyl (C=O) groups is 1. The van der Waals surface area contributed by atoms with Crippen molar-refractivity contribution in [3.8, 4) is 5.95 Å². The monoisotopic (exact) mass is 371 g/mol. The van der Waals surface area contributed by atoms with Crippen LogP contribution in [0.25, 0.3) is 5.95 Å². The van der Waals surface area contributed by atoms with E-state index >= 15 is 0 Å². The van der Waals surface area contributed by atoms with Gasteiger partial charge in [0.2, 0.25) is 5.91 Å². The molecule has 0 aliphatic rings. The molecule has 0 aliphatic carbocycles. The SMILES string of the molecule is Cc1cc(C)nc(-n2nc(C)c(CC(=O)Nc3c(F)cccc3F)c2C)n1. The van der Waals surface area contributed by atoms with Crippen LogP contribution in [0.4, 0.5) is 14.5 Å². The number of nitrogens with one attached hydrogen (secondary N) is 1. The third-order valence-corrected chi connectivity index (χ3v) is 4.17. The Morgan fingerprint density at radius 1 is 1.07 bits per heavy atom. The highest BCUT2D eigenvalue weighted by atomic mass is 19.1. The van der Waals surface area contributed by atoms with Crippen LogP contribution in [0, 0.1) is 39.3 Å². The Hall–Kier alpha value is -3.16. The first kappa shape index (κ1) is 18.6. The first-order chi connectivity index (χ1) is 12.8. The Kier molecular flexibility index (Phi) is 4.98. The third-order valence-electron chi connectivity index (χ3n) is 4.17. The highest BCUT2D eigenvalue weighted by molar-refractivity contribution is 5.92. The number of anilines is 1. The van der Waals surface area contributed by atoms with Gasteiger partial charge in [-0.1, -0.05) is 6.07 Å². The number of halogens is 2. The second kappa shape index (κ2) is 7.22. The molecule has 2 aromatic heterocycles. The van der Waals surface area contributed by atoms with Gasteiger partial charge in [0.05, 0.1) is 12.1 Å². The maximum atomic E-state index is 13.7. The van der Waals surface area contributed by atoms with Crippen LogP contribution in [-0.2, 0) is 11.2 Å². The van der Waals surface area contributed by atoms with Gasteiger partial charge in [-0.15, -0.1) is 0 Å². The summed E-state index contributed by atoms with van der Waals surface area (Å²) in [6, 6.07) is 5.27. The summed E-state index contributed by atoms with van der Waals surface area (Å²) in [5.74, 6) is -1.77. The van der Waals surface area contributed by atoms with Crippen LogP contribution in [0.3, 0.4) is 0 Å². The zero-order valence-corrected chi connectivity index (χ0v) is 15.5. The molecule has 2 heterocycles. The van der Waals surface area contributed by atoms with Crippen LogP contribution < -0.4 is 5.32 Å². The molecule has 1 amide bonds. The number of carbonyl (C=O) groups excluding carboxylic acids is 1. The van der Waals surface area contributed by atoms with E-state index in [4.69, 9.17) is 0 Å². The van der Waals surface area contributed by atoms with E-state index in [2.05, 4.69) is 20.4 Å². The molecule has 0 unspecified atom stereocenters. The predicted molar refractivity (Wildman–Crippen MR) is 96.8 cm³/mol. The van der Waals surface area contributed by atoms with Crippen molar-refractivity contribution in [1.29, 1.82) is 0 Å². The average molecular weight is 371 g/mol. The topological polar surface area (TPSA) is 72.7 Å². The Labute approximate surface area is 155 Å². The van der Waals surface area contributed by atoms with Crippen LogP contribution >= 0.6 is 0 Å². The number of benzene rings is 1. The minimum atomic E-state index is -0.823. The Morgan fingerprint density at radius 2 is 1.67 bits per heavy atom. The number of rotatable bonds is 4. The van der Waals surface area contributed by atoms with Crippen LogP contribution in [0.5, 0.6) is 0 Å². The van der Waals surface area contributed by atoms with Gasteiger partial charge in [-0.05, 0) is 45.9 Å². The highest BCUT2D eigenvalue weighted by Gasteiger charge is 2.19. The van der Waals surface area contributed by atoms with Gasteiger partial charge in [-0.25, -0.2) is 23.4 Å². The maximum Gasteiger partial charge on any atom is 0.251 e. The normalized spacial score (nSPS) is 10.9. The Morgan fingerprint density at radius 3 is 2.26 bits per heavy atom.